The maximum absolute atomic E-state index is 11.2. The molecule has 0 aromatic heterocycles. The third-order valence-electron chi connectivity index (χ3n) is 2.87. The van der Waals surface area contributed by atoms with E-state index in [1.54, 1.807) is 24.3 Å². The summed E-state index contributed by atoms with van der Waals surface area (Å²) in [6.07, 6.45) is 0.687. The van der Waals surface area contributed by atoms with Crippen molar-refractivity contribution >= 4 is 38.9 Å². The first-order valence-corrected chi connectivity index (χ1v) is 5.04. The molecule has 0 aliphatic heterocycles. The number of benzene rings is 1. The Bertz CT molecular complexity index is 430. The molecule has 6 heteroatoms. The second-order valence-corrected chi connectivity index (χ2v) is 3.90. The molecule has 18 heavy (non-hydrogen) atoms. The summed E-state index contributed by atoms with van der Waals surface area (Å²) in [5, 5.41) is 8.79. The first kappa shape index (κ1) is 16.9. The van der Waals surface area contributed by atoms with Gasteiger partial charge in [0, 0.05) is 0 Å². The molecule has 1 aliphatic rings. The van der Waals surface area contributed by atoms with Crippen molar-refractivity contribution in [2.45, 2.75) is 12.3 Å². The third-order valence-corrected chi connectivity index (χ3v) is 2.87. The fraction of sp³-hybridized carbons (Fsp3) is 0.333. The minimum atomic E-state index is -0.748. The molecule has 0 amide bonds. The highest BCUT2D eigenvalue weighted by molar-refractivity contribution is 7.59. The Morgan fingerprint density at radius 3 is 2.17 bits per heavy atom. The van der Waals surface area contributed by atoms with E-state index in [-0.39, 0.29) is 44.8 Å². The zero-order valence-corrected chi connectivity index (χ0v) is 11.8. The van der Waals surface area contributed by atoms with E-state index in [0.717, 1.165) is 5.56 Å². The average molecular weight is 288 g/mol. The standard InChI is InChI=1S/C12H12O4.2H2S/c1-16-12(15)8-4-2-7(3-5-8)9-6-10(9)11(13)14;;/h2-5,9-10H,6H2,1H3,(H,13,14);2*1H2/t9-,10?;;/m1../s1. The molecule has 1 aliphatic carbocycles. The number of methoxy groups -OCH3 is 1. The maximum atomic E-state index is 11.2. The zero-order chi connectivity index (χ0) is 11.7. The lowest BCUT2D eigenvalue weighted by atomic mass is 10.1. The fourth-order valence-electron chi connectivity index (χ4n) is 1.82. The summed E-state index contributed by atoms with van der Waals surface area (Å²) in [4.78, 5) is 21.9. The van der Waals surface area contributed by atoms with Crippen LogP contribution in [0.25, 0.3) is 0 Å². The highest BCUT2D eigenvalue weighted by Crippen LogP contribution is 2.47. The van der Waals surface area contributed by atoms with E-state index in [1.807, 2.05) is 0 Å². The Hall–Kier alpha value is -1.14. The van der Waals surface area contributed by atoms with Crippen LogP contribution in [-0.2, 0) is 9.53 Å². The Balaban J connectivity index is 0.00000144. The van der Waals surface area contributed by atoms with Crippen molar-refractivity contribution in [1.29, 1.82) is 0 Å². The van der Waals surface area contributed by atoms with Crippen molar-refractivity contribution in [2.75, 3.05) is 7.11 Å². The molecule has 0 saturated heterocycles. The normalized spacial score (nSPS) is 20.1. The van der Waals surface area contributed by atoms with Gasteiger partial charge in [-0.05, 0) is 30.0 Å². The molecule has 0 bridgehead atoms. The minimum absolute atomic E-state index is 0. The molecular weight excluding hydrogens is 272 g/mol. The molecule has 1 aromatic rings. The Morgan fingerprint density at radius 1 is 1.22 bits per heavy atom. The lowest BCUT2D eigenvalue weighted by Gasteiger charge is -2.01. The van der Waals surface area contributed by atoms with Crippen LogP contribution < -0.4 is 0 Å². The van der Waals surface area contributed by atoms with Gasteiger partial charge >= 0.3 is 11.9 Å². The van der Waals surface area contributed by atoms with Gasteiger partial charge in [0.2, 0.25) is 0 Å². The summed E-state index contributed by atoms with van der Waals surface area (Å²) in [6, 6.07) is 6.91. The van der Waals surface area contributed by atoms with Gasteiger partial charge in [-0.2, -0.15) is 27.0 Å². The molecular formula is C12H16O4S2. The zero-order valence-electron chi connectivity index (χ0n) is 9.84. The molecule has 0 radical (unpaired) electrons. The maximum Gasteiger partial charge on any atom is 0.337 e. The van der Waals surface area contributed by atoms with Gasteiger partial charge in [0.05, 0.1) is 18.6 Å². The molecule has 4 nitrogen and oxygen atoms in total. The third kappa shape index (κ3) is 3.43. The van der Waals surface area contributed by atoms with Crippen molar-refractivity contribution in [1.82, 2.24) is 0 Å². The van der Waals surface area contributed by atoms with Crippen molar-refractivity contribution in [3.63, 3.8) is 0 Å². The molecule has 0 spiro atoms. The number of aliphatic carboxylic acids is 1. The van der Waals surface area contributed by atoms with Crippen molar-refractivity contribution < 1.29 is 19.4 Å². The summed E-state index contributed by atoms with van der Waals surface area (Å²) in [5.41, 5.74) is 1.46. The van der Waals surface area contributed by atoms with Crippen LogP contribution in [-0.4, -0.2) is 24.2 Å². The number of carbonyl (C=O) groups is 2. The number of carbonyl (C=O) groups excluding carboxylic acids is 1. The highest BCUT2D eigenvalue weighted by atomic mass is 32.1. The molecule has 1 aromatic carbocycles. The molecule has 1 fully saturated rings. The van der Waals surface area contributed by atoms with E-state index in [1.165, 1.54) is 7.11 Å². The van der Waals surface area contributed by atoms with Gasteiger partial charge in [-0.25, -0.2) is 4.79 Å². The van der Waals surface area contributed by atoms with Gasteiger partial charge in [0.15, 0.2) is 0 Å². The van der Waals surface area contributed by atoms with Crippen LogP contribution in [0.2, 0.25) is 0 Å². The summed E-state index contributed by atoms with van der Waals surface area (Å²) in [5.74, 6) is -1.28. The number of carboxylic acid groups (broad SMARTS) is 1. The van der Waals surface area contributed by atoms with Gasteiger partial charge in [-0.1, -0.05) is 12.1 Å². The second kappa shape index (κ2) is 6.70. The average Bonchev–Trinajstić information content (AvgIpc) is 3.08. The number of rotatable bonds is 3. The molecule has 0 heterocycles. The number of carboxylic acids is 1. The summed E-state index contributed by atoms with van der Waals surface area (Å²) < 4.78 is 4.58. The fourth-order valence-corrected chi connectivity index (χ4v) is 1.82. The van der Waals surface area contributed by atoms with E-state index < -0.39 is 5.97 Å². The van der Waals surface area contributed by atoms with E-state index in [0.29, 0.717) is 12.0 Å². The van der Waals surface area contributed by atoms with Gasteiger partial charge in [-0.15, -0.1) is 0 Å². The van der Waals surface area contributed by atoms with Crippen molar-refractivity contribution in [2.24, 2.45) is 5.92 Å². The molecule has 1 saturated carbocycles. The first-order chi connectivity index (χ1) is 7.63. The van der Waals surface area contributed by atoms with E-state index >= 15 is 0 Å². The topological polar surface area (TPSA) is 63.6 Å². The van der Waals surface area contributed by atoms with Crippen LogP contribution in [0.1, 0.15) is 28.3 Å². The molecule has 1 N–H and O–H groups in total. The molecule has 2 atom stereocenters. The number of ether oxygens (including phenoxy) is 1. The molecule has 100 valence electrons. The summed E-state index contributed by atoms with van der Waals surface area (Å²) in [6.45, 7) is 0. The van der Waals surface area contributed by atoms with E-state index in [9.17, 15) is 9.59 Å². The van der Waals surface area contributed by atoms with Crippen LogP contribution in [0.4, 0.5) is 0 Å². The van der Waals surface area contributed by atoms with Gasteiger partial charge in [0.1, 0.15) is 0 Å². The minimum Gasteiger partial charge on any atom is -0.481 e. The summed E-state index contributed by atoms with van der Waals surface area (Å²) in [7, 11) is 1.33. The lowest BCUT2D eigenvalue weighted by molar-refractivity contribution is -0.138. The Morgan fingerprint density at radius 2 is 1.78 bits per heavy atom. The molecule has 2 rings (SSSR count). The van der Waals surface area contributed by atoms with Crippen LogP contribution in [0.15, 0.2) is 24.3 Å². The number of hydrogen-bond acceptors (Lipinski definition) is 3. The van der Waals surface area contributed by atoms with Crippen molar-refractivity contribution in [3.05, 3.63) is 35.4 Å². The van der Waals surface area contributed by atoms with Gasteiger partial charge in [-0.3, -0.25) is 4.79 Å². The smallest absolute Gasteiger partial charge is 0.337 e. The second-order valence-electron chi connectivity index (χ2n) is 3.90. The van der Waals surface area contributed by atoms with E-state index in [2.05, 4.69) is 4.74 Å². The summed E-state index contributed by atoms with van der Waals surface area (Å²) >= 11 is 0. The van der Waals surface area contributed by atoms with E-state index in [4.69, 9.17) is 5.11 Å². The van der Waals surface area contributed by atoms with Crippen LogP contribution >= 0.6 is 27.0 Å². The Kier molecular flexibility index (Phi) is 6.28. The van der Waals surface area contributed by atoms with Crippen LogP contribution in [0.3, 0.4) is 0 Å². The number of hydrogen-bond donors (Lipinski definition) is 1. The first-order valence-electron chi connectivity index (χ1n) is 5.04. The van der Waals surface area contributed by atoms with Gasteiger partial charge in [0.25, 0.3) is 0 Å². The monoisotopic (exact) mass is 288 g/mol. The number of esters is 1. The largest absolute Gasteiger partial charge is 0.481 e. The Labute approximate surface area is 119 Å². The molecule has 1 unspecified atom stereocenters. The highest BCUT2D eigenvalue weighted by Gasteiger charge is 2.44. The van der Waals surface area contributed by atoms with Crippen molar-refractivity contribution in [3.8, 4) is 0 Å². The van der Waals surface area contributed by atoms with Gasteiger partial charge < -0.3 is 9.84 Å². The lowest BCUT2D eigenvalue weighted by Crippen LogP contribution is -2.01. The van der Waals surface area contributed by atoms with Crippen LogP contribution in [0.5, 0.6) is 0 Å². The SMILES string of the molecule is COC(=O)c1ccc([C@H]2CC2C(=O)O)cc1.S.S. The quantitative estimate of drug-likeness (QED) is 0.863. The predicted octanol–water partition coefficient (Wildman–Crippen LogP) is 1.89. The van der Waals surface area contributed by atoms with Crippen LogP contribution in [0, 0.1) is 5.92 Å². The predicted molar refractivity (Wildman–Crippen MR) is 77.0 cm³/mol.